The molecule has 2 heterocycles. The van der Waals surface area contributed by atoms with Gasteiger partial charge in [0.2, 0.25) is 0 Å². The fourth-order valence-electron chi connectivity index (χ4n) is 2.58. The lowest BCUT2D eigenvalue weighted by molar-refractivity contribution is 0.511. The summed E-state index contributed by atoms with van der Waals surface area (Å²) in [6, 6.07) is 7.51. The quantitative estimate of drug-likeness (QED) is 0.682. The van der Waals surface area contributed by atoms with Gasteiger partial charge in [-0.25, -0.2) is 4.79 Å². The number of fused-ring (bicyclic) bond motifs is 1. The van der Waals surface area contributed by atoms with Crippen molar-refractivity contribution in [1.82, 2.24) is 4.57 Å². The molecule has 0 aliphatic heterocycles. The second-order valence-electron chi connectivity index (χ2n) is 4.85. The zero-order valence-electron chi connectivity index (χ0n) is 11.9. The number of halogens is 1. The van der Waals surface area contributed by atoms with E-state index in [1.165, 1.54) is 0 Å². The van der Waals surface area contributed by atoms with Crippen LogP contribution in [0.25, 0.3) is 11.1 Å². The van der Waals surface area contributed by atoms with Crippen LogP contribution in [0, 0.1) is 0 Å². The summed E-state index contributed by atoms with van der Waals surface area (Å²) < 4.78 is 12.3. The Morgan fingerprint density at radius 1 is 1.29 bits per heavy atom. The van der Waals surface area contributed by atoms with Crippen LogP contribution in [0.15, 0.2) is 44.2 Å². The van der Waals surface area contributed by atoms with E-state index in [0.717, 1.165) is 28.8 Å². The number of aromatic nitrogens is 1. The molecule has 5 heteroatoms. The first-order valence-corrected chi connectivity index (χ1v) is 7.43. The van der Waals surface area contributed by atoms with Crippen LogP contribution in [0.3, 0.4) is 0 Å². The third kappa shape index (κ3) is 2.29. The monoisotopic (exact) mass is 305 g/mol. The smallest absolute Gasteiger partial charge is 0.419 e. The Kier molecular flexibility index (Phi) is 3.64. The van der Waals surface area contributed by atoms with Crippen molar-refractivity contribution in [3.05, 3.63) is 58.0 Å². The molecule has 2 aromatic heterocycles. The molecule has 0 aliphatic rings. The number of furan rings is 1. The lowest BCUT2D eigenvalue weighted by Crippen LogP contribution is -2.11. The molecule has 0 bridgehead atoms. The third-order valence-corrected chi connectivity index (χ3v) is 4.16. The van der Waals surface area contributed by atoms with Gasteiger partial charge in [0, 0.05) is 18.5 Å². The Balaban J connectivity index is 2.07. The Bertz CT molecular complexity index is 828. The van der Waals surface area contributed by atoms with Crippen LogP contribution in [0.2, 0.25) is 0 Å². The maximum Gasteiger partial charge on any atom is 0.419 e. The van der Waals surface area contributed by atoms with Gasteiger partial charge in [0.1, 0.15) is 5.76 Å². The van der Waals surface area contributed by atoms with E-state index < -0.39 is 0 Å². The predicted molar refractivity (Wildman–Crippen MR) is 81.9 cm³/mol. The average Bonchev–Trinajstić information content (AvgIpc) is 3.08. The summed E-state index contributed by atoms with van der Waals surface area (Å²) in [6.07, 6.45) is 2.44. The Morgan fingerprint density at radius 3 is 2.81 bits per heavy atom. The van der Waals surface area contributed by atoms with Crippen molar-refractivity contribution in [2.75, 3.05) is 0 Å². The Hall–Kier alpha value is -1.94. The maximum atomic E-state index is 11.7. The van der Waals surface area contributed by atoms with Crippen molar-refractivity contribution in [2.24, 2.45) is 0 Å². The Labute approximate surface area is 126 Å². The van der Waals surface area contributed by atoms with Gasteiger partial charge in [-0.05, 0) is 30.7 Å². The summed E-state index contributed by atoms with van der Waals surface area (Å²) in [7, 11) is 0. The fraction of sp³-hybridized carbons (Fsp3) is 0.312. The second-order valence-corrected chi connectivity index (χ2v) is 5.29. The summed E-state index contributed by atoms with van der Waals surface area (Å²) in [4.78, 5) is 11.7. The summed E-state index contributed by atoms with van der Waals surface area (Å²) in [5.41, 5.74) is 3.19. The molecule has 21 heavy (non-hydrogen) atoms. The van der Waals surface area contributed by atoms with Gasteiger partial charge in [-0.15, -0.1) is 11.6 Å². The van der Waals surface area contributed by atoms with Gasteiger partial charge in [0.25, 0.3) is 0 Å². The van der Waals surface area contributed by atoms with Crippen LogP contribution in [0.1, 0.15) is 36.1 Å². The lowest BCUT2D eigenvalue weighted by atomic mass is 10.0. The van der Waals surface area contributed by atoms with Crippen LogP contribution >= 0.6 is 11.6 Å². The van der Waals surface area contributed by atoms with Gasteiger partial charge in [-0.2, -0.15) is 0 Å². The molecule has 3 rings (SSSR count). The zero-order valence-corrected chi connectivity index (χ0v) is 12.7. The number of rotatable bonds is 4. The van der Waals surface area contributed by atoms with Crippen LogP contribution in [0.4, 0.5) is 0 Å². The zero-order chi connectivity index (χ0) is 15.0. The van der Waals surface area contributed by atoms with Crippen molar-refractivity contribution in [2.45, 2.75) is 32.2 Å². The molecule has 0 amide bonds. The normalized spacial score (nSPS) is 12.9. The van der Waals surface area contributed by atoms with Crippen LogP contribution < -0.4 is 5.76 Å². The second kappa shape index (κ2) is 5.45. The molecule has 0 saturated carbocycles. The van der Waals surface area contributed by atoms with Gasteiger partial charge < -0.3 is 8.83 Å². The first kappa shape index (κ1) is 14.0. The minimum absolute atomic E-state index is 0.321. The molecule has 1 unspecified atom stereocenters. The molecule has 1 atom stereocenters. The molecule has 0 spiro atoms. The number of hydrogen-bond acceptors (Lipinski definition) is 3. The van der Waals surface area contributed by atoms with E-state index in [2.05, 4.69) is 0 Å². The van der Waals surface area contributed by atoms with Crippen molar-refractivity contribution in [3.8, 4) is 0 Å². The van der Waals surface area contributed by atoms with Gasteiger partial charge in [-0.1, -0.05) is 13.0 Å². The van der Waals surface area contributed by atoms with E-state index in [9.17, 15) is 4.79 Å². The molecular weight excluding hydrogens is 290 g/mol. The Morgan fingerprint density at radius 2 is 2.10 bits per heavy atom. The van der Waals surface area contributed by atoms with Gasteiger partial charge in [-0.3, -0.25) is 4.57 Å². The van der Waals surface area contributed by atoms with Crippen molar-refractivity contribution < 1.29 is 8.83 Å². The highest BCUT2D eigenvalue weighted by molar-refractivity contribution is 6.22. The lowest BCUT2D eigenvalue weighted by Gasteiger charge is -2.09. The van der Waals surface area contributed by atoms with E-state index in [-0.39, 0.29) is 11.1 Å². The number of alkyl halides is 1. The van der Waals surface area contributed by atoms with Crippen LogP contribution in [-0.2, 0) is 13.0 Å². The summed E-state index contributed by atoms with van der Waals surface area (Å²) >= 11 is 6.55. The largest absolute Gasteiger partial charge is 0.469 e. The molecule has 1 aromatic carbocycles. The number of hydrogen-bond donors (Lipinski definition) is 0. The van der Waals surface area contributed by atoms with Gasteiger partial charge in [0.05, 0.1) is 17.2 Å². The molecule has 4 nitrogen and oxygen atoms in total. The minimum Gasteiger partial charge on any atom is -0.469 e. The van der Waals surface area contributed by atoms with Crippen molar-refractivity contribution in [1.29, 1.82) is 0 Å². The molecule has 0 saturated heterocycles. The number of oxazole rings is 1. The topological polar surface area (TPSA) is 48.3 Å². The molecule has 3 aromatic rings. The molecule has 0 fully saturated rings. The standard InChI is InChI=1S/C16H16ClNO3/c1-3-13-11(7-8-20-13)15(17)10-5-6-12-14(9-10)21-16(19)18(12)4-2/h5-9,15H,3-4H2,1-2H3. The van der Waals surface area contributed by atoms with Crippen molar-refractivity contribution in [3.63, 3.8) is 0 Å². The average molecular weight is 306 g/mol. The number of nitrogens with zero attached hydrogens (tertiary/aromatic N) is 1. The minimum atomic E-state index is -0.340. The summed E-state index contributed by atoms with van der Waals surface area (Å²) in [5, 5.41) is -0.321. The van der Waals surface area contributed by atoms with E-state index >= 15 is 0 Å². The van der Waals surface area contributed by atoms with Crippen LogP contribution in [-0.4, -0.2) is 4.57 Å². The summed E-state index contributed by atoms with van der Waals surface area (Å²) in [5.74, 6) is 0.538. The number of benzene rings is 1. The first-order valence-electron chi connectivity index (χ1n) is 6.99. The summed E-state index contributed by atoms with van der Waals surface area (Å²) in [6.45, 7) is 4.51. The van der Waals surface area contributed by atoms with Crippen LogP contribution in [0.5, 0.6) is 0 Å². The molecule has 110 valence electrons. The van der Waals surface area contributed by atoms with Crippen molar-refractivity contribution >= 4 is 22.7 Å². The van der Waals surface area contributed by atoms with E-state index in [0.29, 0.717) is 12.1 Å². The molecule has 0 N–H and O–H groups in total. The highest BCUT2D eigenvalue weighted by atomic mass is 35.5. The molecular formula is C16H16ClNO3. The van der Waals surface area contributed by atoms with Gasteiger partial charge >= 0.3 is 5.76 Å². The highest BCUT2D eigenvalue weighted by Crippen LogP contribution is 2.33. The maximum absolute atomic E-state index is 11.7. The third-order valence-electron chi connectivity index (χ3n) is 3.68. The first-order chi connectivity index (χ1) is 10.2. The fourth-order valence-corrected chi connectivity index (χ4v) is 2.91. The molecule has 0 aliphatic carbocycles. The SMILES string of the molecule is CCc1occc1C(Cl)c1ccc2c(c1)oc(=O)n2CC. The predicted octanol–water partition coefficient (Wildman–Crippen LogP) is 4.10. The van der Waals surface area contributed by atoms with E-state index in [4.69, 9.17) is 20.4 Å². The highest BCUT2D eigenvalue weighted by Gasteiger charge is 2.18. The number of aryl methyl sites for hydroxylation is 2. The van der Waals surface area contributed by atoms with E-state index in [1.54, 1.807) is 10.8 Å². The molecule has 0 radical (unpaired) electrons. The van der Waals surface area contributed by atoms with E-state index in [1.807, 2.05) is 38.1 Å². The van der Waals surface area contributed by atoms with Gasteiger partial charge in [0.15, 0.2) is 5.58 Å².